The van der Waals surface area contributed by atoms with Gasteiger partial charge in [-0.05, 0) is 6.07 Å². The van der Waals surface area contributed by atoms with Gasteiger partial charge in [0, 0.05) is 37.9 Å². The summed E-state index contributed by atoms with van der Waals surface area (Å²) in [6.45, 7) is -0.197. The molecule has 1 aliphatic heterocycles. The van der Waals surface area contributed by atoms with Crippen LogP contribution in [-0.4, -0.2) is 35.5 Å². The summed E-state index contributed by atoms with van der Waals surface area (Å²) in [5.74, 6) is -1.52. The third-order valence-corrected chi connectivity index (χ3v) is 3.39. The zero-order chi connectivity index (χ0) is 17.7. The monoisotopic (exact) mass is 344 g/mol. The first-order valence-corrected chi connectivity index (χ1v) is 7.20. The van der Waals surface area contributed by atoms with Crippen molar-refractivity contribution in [2.45, 2.75) is 32.2 Å². The van der Waals surface area contributed by atoms with E-state index in [9.17, 15) is 27.6 Å². The van der Waals surface area contributed by atoms with Gasteiger partial charge in [-0.25, -0.2) is 0 Å². The van der Waals surface area contributed by atoms with E-state index in [4.69, 9.17) is 0 Å². The molecule has 1 heterocycles. The molecule has 0 saturated carbocycles. The second-order valence-corrected chi connectivity index (χ2v) is 5.12. The number of benzene rings is 1. The lowest BCUT2D eigenvalue weighted by atomic mass is 10.2. The maximum Gasteiger partial charge on any atom is 0.573 e. The Labute approximate surface area is 135 Å². The van der Waals surface area contributed by atoms with Gasteiger partial charge in [0.15, 0.2) is 0 Å². The number of carbonyl (C=O) groups excluding carboxylic acids is 3. The van der Waals surface area contributed by atoms with Crippen LogP contribution in [0.15, 0.2) is 24.3 Å². The lowest BCUT2D eigenvalue weighted by molar-refractivity contribution is -0.274. The molecule has 0 atom stereocenters. The van der Waals surface area contributed by atoms with Crippen LogP contribution in [0, 0.1) is 0 Å². The van der Waals surface area contributed by atoms with Crippen LogP contribution < -0.4 is 10.1 Å². The third-order valence-electron chi connectivity index (χ3n) is 3.39. The Morgan fingerprint density at radius 1 is 1.17 bits per heavy atom. The number of ether oxygens (including phenoxy) is 1. The van der Waals surface area contributed by atoms with E-state index in [1.165, 1.54) is 18.2 Å². The number of alkyl halides is 3. The van der Waals surface area contributed by atoms with Crippen LogP contribution in [0.5, 0.6) is 5.75 Å². The fraction of sp³-hybridized carbons (Fsp3) is 0.400. The van der Waals surface area contributed by atoms with E-state index in [2.05, 4.69) is 10.1 Å². The summed E-state index contributed by atoms with van der Waals surface area (Å²) >= 11 is 0. The zero-order valence-electron chi connectivity index (χ0n) is 12.6. The van der Waals surface area contributed by atoms with E-state index >= 15 is 0 Å². The molecule has 0 spiro atoms. The molecule has 9 heteroatoms. The van der Waals surface area contributed by atoms with Crippen molar-refractivity contribution in [2.24, 2.45) is 0 Å². The molecule has 1 saturated heterocycles. The SMILES string of the molecule is O=C(CCN1C(=O)CCC1=O)NCc1ccccc1OC(F)(F)F. The quantitative estimate of drug-likeness (QED) is 0.798. The summed E-state index contributed by atoms with van der Waals surface area (Å²) in [6.07, 6.45) is -4.65. The number of nitrogens with one attached hydrogen (secondary N) is 1. The van der Waals surface area contributed by atoms with Gasteiger partial charge in [-0.15, -0.1) is 13.2 Å². The molecule has 1 aromatic rings. The Hall–Kier alpha value is -2.58. The number of nitrogens with zero attached hydrogens (tertiary/aromatic N) is 1. The Morgan fingerprint density at radius 3 is 2.42 bits per heavy atom. The molecule has 1 aromatic carbocycles. The number of rotatable bonds is 6. The molecule has 6 nitrogen and oxygen atoms in total. The van der Waals surface area contributed by atoms with E-state index in [0.717, 1.165) is 11.0 Å². The van der Waals surface area contributed by atoms with E-state index in [-0.39, 0.29) is 49.7 Å². The van der Waals surface area contributed by atoms with Crippen molar-refractivity contribution >= 4 is 17.7 Å². The summed E-state index contributed by atoms with van der Waals surface area (Å²) in [5, 5.41) is 2.44. The molecular weight excluding hydrogens is 329 g/mol. The summed E-state index contributed by atoms with van der Waals surface area (Å²) in [5.41, 5.74) is 0.163. The number of imide groups is 1. The fourth-order valence-corrected chi connectivity index (χ4v) is 2.24. The first kappa shape index (κ1) is 17.8. The van der Waals surface area contributed by atoms with Crippen LogP contribution in [-0.2, 0) is 20.9 Å². The van der Waals surface area contributed by atoms with Crippen LogP contribution in [0.2, 0.25) is 0 Å². The minimum absolute atomic E-state index is 0.0375. The molecule has 1 N–H and O–H groups in total. The van der Waals surface area contributed by atoms with Crippen molar-refractivity contribution in [1.82, 2.24) is 10.2 Å². The maximum absolute atomic E-state index is 12.3. The van der Waals surface area contributed by atoms with Crippen LogP contribution in [0.1, 0.15) is 24.8 Å². The van der Waals surface area contributed by atoms with Crippen molar-refractivity contribution in [2.75, 3.05) is 6.54 Å². The molecule has 3 amide bonds. The third kappa shape index (κ3) is 4.97. The van der Waals surface area contributed by atoms with Crippen molar-refractivity contribution in [3.05, 3.63) is 29.8 Å². The van der Waals surface area contributed by atoms with Gasteiger partial charge in [-0.2, -0.15) is 0 Å². The Balaban J connectivity index is 1.86. The zero-order valence-corrected chi connectivity index (χ0v) is 12.6. The van der Waals surface area contributed by atoms with Crippen molar-refractivity contribution in [1.29, 1.82) is 0 Å². The van der Waals surface area contributed by atoms with E-state index in [1.807, 2.05) is 0 Å². The van der Waals surface area contributed by atoms with Crippen molar-refractivity contribution in [3.8, 4) is 5.75 Å². The van der Waals surface area contributed by atoms with Gasteiger partial charge in [0.1, 0.15) is 5.75 Å². The molecule has 130 valence electrons. The predicted molar refractivity (Wildman–Crippen MR) is 75.5 cm³/mol. The second-order valence-electron chi connectivity index (χ2n) is 5.12. The van der Waals surface area contributed by atoms with Crippen LogP contribution >= 0.6 is 0 Å². The Morgan fingerprint density at radius 2 is 1.79 bits per heavy atom. The molecule has 0 bridgehead atoms. The molecule has 1 fully saturated rings. The molecular formula is C15H15F3N2O4. The Bertz CT molecular complexity index is 630. The average molecular weight is 344 g/mol. The first-order chi connectivity index (χ1) is 11.3. The van der Waals surface area contributed by atoms with Crippen molar-refractivity contribution in [3.63, 3.8) is 0 Å². The molecule has 24 heavy (non-hydrogen) atoms. The van der Waals surface area contributed by atoms with Gasteiger partial charge in [0.05, 0.1) is 0 Å². The standard InChI is InChI=1S/C15H15F3N2O4/c16-15(17,18)24-11-4-2-1-3-10(11)9-19-12(21)7-8-20-13(22)5-6-14(20)23/h1-4H,5-9H2,(H,19,21). The summed E-state index contributed by atoms with van der Waals surface area (Å²) in [4.78, 5) is 35.6. The minimum Gasteiger partial charge on any atom is -0.405 e. The number of halogens is 3. The summed E-state index contributed by atoms with van der Waals surface area (Å²) in [6, 6.07) is 5.45. The highest BCUT2D eigenvalue weighted by atomic mass is 19.4. The van der Waals surface area contributed by atoms with Gasteiger partial charge in [0.2, 0.25) is 17.7 Å². The number of likely N-dealkylation sites (tertiary alicyclic amines) is 1. The Kier molecular flexibility index (Phi) is 5.42. The molecule has 0 aliphatic carbocycles. The highest BCUT2D eigenvalue weighted by molar-refractivity contribution is 6.02. The van der Waals surface area contributed by atoms with Gasteiger partial charge in [-0.1, -0.05) is 18.2 Å². The lowest BCUT2D eigenvalue weighted by Gasteiger charge is -2.15. The predicted octanol–water partition coefficient (Wildman–Crippen LogP) is 1.74. The van der Waals surface area contributed by atoms with Crippen LogP contribution in [0.3, 0.4) is 0 Å². The maximum atomic E-state index is 12.3. The largest absolute Gasteiger partial charge is 0.573 e. The number of amides is 3. The normalized spacial score (nSPS) is 14.9. The molecule has 0 aromatic heterocycles. The molecule has 0 unspecified atom stereocenters. The van der Waals surface area contributed by atoms with Crippen molar-refractivity contribution < 1.29 is 32.3 Å². The summed E-state index contributed by atoms with van der Waals surface area (Å²) < 4.78 is 40.8. The number of para-hydroxylation sites is 1. The van der Waals surface area contributed by atoms with Crippen LogP contribution in [0.25, 0.3) is 0 Å². The number of carbonyl (C=O) groups is 3. The van der Waals surface area contributed by atoms with E-state index in [0.29, 0.717) is 0 Å². The first-order valence-electron chi connectivity index (χ1n) is 7.20. The smallest absolute Gasteiger partial charge is 0.405 e. The molecule has 0 radical (unpaired) electrons. The van der Waals surface area contributed by atoms with Gasteiger partial charge >= 0.3 is 6.36 Å². The average Bonchev–Trinajstić information content (AvgIpc) is 2.81. The molecule has 1 aliphatic rings. The van der Waals surface area contributed by atoms with Gasteiger partial charge in [0.25, 0.3) is 0 Å². The second kappa shape index (κ2) is 7.33. The van der Waals surface area contributed by atoms with Gasteiger partial charge < -0.3 is 10.1 Å². The minimum atomic E-state index is -4.82. The molecule has 2 rings (SSSR count). The van der Waals surface area contributed by atoms with E-state index < -0.39 is 18.0 Å². The number of hydrogen-bond acceptors (Lipinski definition) is 4. The summed E-state index contributed by atoms with van der Waals surface area (Å²) in [7, 11) is 0. The lowest BCUT2D eigenvalue weighted by Crippen LogP contribution is -2.34. The highest BCUT2D eigenvalue weighted by Crippen LogP contribution is 2.26. The van der Waals surface area contributed by atoms with Crippen LogP contribution in [0.4, 0.5) is 13.2 Å². The topological polar surface area (TPSA) is 75.7 Å². The number of hydrogen-bond donors (Lipinski definition) is 1. The fourth-order valence-electron chi connectivity index (χ4n) is 2.24. The van der Waals surface area contributed by atoms with E-state index in [1.54, 1.807) is 0 Å². The van der Waals surface area contributed by atoms with Gasteiger partial charge in [-0.3, -0.25) is 19.3 Å². The highest BCUT2D eigenvalue weighted by Gasteiger charge is 2.32.